The number of hydrogen-bond donors (Lipinski definition) is 1. The van der Waals surface area contributed by atoms with Crippen LogP contribution in [0.15, 0.2) is 66.7 Å². The molecule has 0 aliphatic heterocycles. The average Bonchev–Trinajstić information content (AvgIpc) is 2.62. The number of thioether (sulfide) groups is 1. The van der Waals surface area contributed by atoms with Gasteiger partial charge >= 0.3 is 0 Å². The Hall–Kier alpha value is -2.66. The Morgan fingerprint density at radius 1 is 0.880 bits per heavy atom. The van der Waals surface area contributed by atoms with Gasteiger partial charge in [0.25, 0.3) is 0 Å². The van der Waals surface area contributed by atoms with Crippen LogP contribution in [0, 0.1) is 5.82 Å². The van der Waals surface area contributed by atoms with E-state index in [0.717, 1.165) is 16.5 Å². The molecule has 0 unspecified atom stereocenters. The van der Waals surface area contributed by atoms with Crippen molar-refractivity contribution in [3.8, 4) is 0 Å². The predicted molar refractivity (Wildman–Crippen MR) is 101 cm³/mol. The first-order chi connectivity index (χ1) is 12.1. The number of ketones is 1. The van der Waals surface area contributed by atoms with E-state index >= 15 is 0 Å². The van der Waals surface area contributed by atoms with E-state index in [4.69, 9.17) is 0 Å². The second-order valence-electron chi connectivity index (χ2n) is 5.53. The van der Waals surface area contributed by atoms with E-state index in [1.807, 2.05) is 42.5 Å². The molecule has 0 atom stereocenters. The fourth-order valence-electron chi connectivity index (χ4n) is 2.42. The lowest BCUT2D eigenvalue weighted by atomic mass is 10.1. The summed E-state index contributed by atoms with van der Waals surface area (Å²) in [5, 5.41) is 5.00. The Balaban J connectivity index is 1.50. The molecule has 0 aliphatic carbocycles. The van der Waals surface area contributed by atoms with E-state index in [2.05, 4.69) is 5.32 Å². The number of hydrogen-bond acceptors (Lipinski definition) is 3. The third-order valence-electron chi connectivity index (χ3n) is 3.67. The van der Waals surface area contributed by atoms with Gasteiger partial charge in [-0.2, -0.15) is 0 Å². The monoisotopic (exact) mass is 353 g/mol. The van der Waals surface area contributed by atoms with Crippen molar-refractivity contribution in [2.75, 3.05) is 16.8 Å². The highest BCUT2D eigenvalue weighted by molar-refractivity contribution is 8.00. The summed E-state index contributed by atoms with van der Waals surface area (Å²) >= 11 is 1.24. The van der Waals surface area contributed by atoms with Crippen LogP contribution in [-0.2, 0) is 4.79 Å². The summed E-state index contributed by atoms with van der Waals surface area (Å²) in [6.45, 7) is 0. The number of fused-ring (bicyclic) bond motifs is 1. The van der Waals surface area contributed by atoms with Crippen LogP contribution in [0.5, 0.6) is 0 Å². The molecule has 3 nitrogen and oxygen atoms in total. The van der Waals surface area contributed by atoms with Gasteiger partial charge in [-0.1, -0.05) is 30.3 Å². The fraction of sp³-hybridized carbons (Fsp3) is 0.100. The molecule has 0 saturated carbocycles. The molecule has 25 heavy (non-hydrogen) atoms. The first kappa shape index (κ1) is 17.2. The third kappa shape index (κ3) is 4.67. The molecule has 0 radical (unpaired) electrons. The molecular formula is C20H16FNO2S. The number of Topliss-reactive ketones (excluding diaryl/α,β-unsaturated/α-hetero) is 1. The first-order valence-electron chi connectivity index (χ1n) is 7.77. The molecule has 3 aromatic rings. The topological polar surface area (TPSA) is 46.2 Å². The van der Waals surface area contributed by atoms with Gasteiger partial charge in [0.1, 0.15) is 5.82 Å². The Kier molecular flexibility index (Phi) is 5.46. The van der Waals surface area contributed by atoms with Crippen molar-refractivity contribution in [3.05, 3.63) is 78.1 Å². The molecule has 3 aromatic carbocycles. The zero-order valence-electron chi connectivity index (χ0n) is 13.4. The molecule has 0 bridgehead atoms. The second-order valence-corrected chi connectivity index (χ2v) is 6.52. The maximum atomic E-state index is 12.8. The minimum atomic E-state index is -0.376. The van der Waals surface area contributed by atoms with Crippen molar-refractivity contribution in [3.63, 3.8) is 0 Å². The summed E-state index contributed by atoms with van der Waals surface area (Å²) in [7, 11) is 0. The Morgan fingerprint density at radius 2 is 1.60 bits per heavy atom. The largest absolute Gasteiger partial charge is 0.325 e. The van der Waals surface area contributed by atoms with E-state index in [1.54, 1.807) is 0 Å². The molecule has 1 amide bonds. The molecule has 3 rings (SSSR count). The van der Waals surface area contributed by atoms with Gasteiger partial charge in [0, 0.05) is 11.3 Å². The fourth-order valence-corrected chi connectivity index (χ4v) is 3.13. The molecule has 126 valence electrons. The van der Waals surface area contributed by atoms with Crippen LogP contribution in [0.2, 0.25) is 0 Å². The maximum Gasteiger partial charge on any atom is 0.234 e. The van der Waals surface area contributed by atoms with Crippen LogP contribution in [-0.4, -0.2) is 23.2 Å². The first-order valence-corrected chi connectivity index (χ1v) is 8.92. The molecule has 0 heterocycles. The van der Waals surface area contributed by atoms with Crippen molar-refractivity contribution < 1.29 is 14.0 Å². The average molecular weight is 353 g/mol. The summed E-state index contributed by atoms with van der Waals surface area (Å²) in [4.78, 5) is 24.0. The molecule has 5 heteroatoms. The zero-order valence-corrected chi connectivity index (χ0v) is 14.2. The highest BCUT2D eigenvalue weighted by atomic mass is 32.2. The van der Waals surface area contributed by atoms with Crippen LogP contribution >= 0.6 is 11.8 Å². The molecule has 1 N–H and O–H groups in total. The van der Waals surface area contributed by atoms with Crippen LogP contribution in [0.25, 0.3) is 10.8 Å². The smallest absolute Gasteiger partial charge is 0.234 e. The van der Waals surface area contributed by atoms with E-state index in [9.17, 15) is 14.0 Å². The quantitative estimate of drug-likeness (QED) is 0.662. The van der Waals surface area contributed by atoms with Gasteiger partial charge in [-0.15, -0.1) is 11.8 Å². The lowest BCUT2D eigenvalue weighted by Crippen LogP contribution is -2.15. The number of halogens is 1. The normalized spacial score (nSPS) is 10.6. The summed E-state index contributed by atoms with van der Waals surface area (Å²) in [5.41, 5.74) is 1.18. The molecule has 0 fully saturated rings. The summed E-state index contributed by atoms with van der Waals surface area (Å²) in [6.07, 6.45) is 0. The van der Waals surface area contributed by atoms with Crippen molar-refractivity contribution in [1.29, 1.82) is 0 Å². The van der Waals surface area contributed by atoms with Crippen molar-refractivity contribution in [2.24, 2.45) is 0 Å². The van der Waals surface area contributed by atoms with Crippen LogP contribution in [0.3, 0.4) is 0 Å². The zero-order chi connectivity index (χ0) is 17.6. The van der Waals surface area contributed by atoms with Gasteiger partial charge in [-0.3, -0.25) is 9.59 Å². The van der Waals surface area contributed by atoms with Crippen LogP contribution in [0.1, 0.15) is 10.4 Å². The second kappa shape index (κ2) is 7.94. The number of carbonyl (C=O) groups excluding carboxylic acids is 2. The van der Waals surface area contributed by atoms with Gasteiger partial charge in [0.05, 0.1) is 11.5 Å². The van der Waals surface area contributed by atoms with E-state index in [1.165, 1.54) is 36.0 Å². The Labute approximate surface area is 149 Å². The Morgan fingerprint density at radius 3 is 2.36 bits per heavy atom. The molecule has 0 aromatic heterocycles. The SMILES string of the molecule is O=C(CSCC(=O)c1ccc(F)cc1)Nc1ccc2ccccc2c1. The van der Waals surface area contributed by atoms with E-state index in [0.29, 0.717) is 5.56 Å². The van der Waals surface area contributed by atoms with Crippen molar-refractivity contribution >= 4 is 39.9 Å². The summed E-state index contributed by atoms with van der Waals surface area (Å²) in [5.74, 6) is -0.300. The van der Waals surface area contributed by atoms with Gasteiger partial charge in [-0.25, -0.2) is 4.39 Å². The predicted octanol–water partition coefficient (Wildman–Crippen LogP) is 4.53. The number of carbonyl (C=O) groups is 2. The number of amides is 1. The number of benzene rings is 3. The highest BCUT2D eigenvalue weighted by Gasteiger charge is 2.09. The lowest BCUT2D eigenvalue weighted by Gasteiger charge is -2.06. The molecule has 0 spiro atoms. The maximum absolute atomic E-state index is 12.8. The highest BCUT2D eigenvalue weighted by Crippen LogP contribution is 2.19. The molecule has 0 aliphatic rings. The summed E-state index contributed by atoms with van der Waals surface area (Å²) < 4.78 is 12.8. The van der Waals surface area contributed by atoms with Gasteiger partial charge < -0.3 is 5.32 Å². The van der Waals surface area contributed by atoms with Gasteiger partial charge in [-0.05, 0) is 47.2 Å². The van der Waals surface area contributed by atoms with Crippen molar-refractivity contribution in [1.82, 2.24) is 0 Å². The van der Waals surface area contributed by atoms with Crippen LogP contribution < -0.4 is 5.32 Å². The van der Waals surface area contributed by atoms with Crippen LogP contribution in [0.4, 0.5) is 10.1 Å². The lowest BCUT2D eigenvalue weighted by molar-refractivity contribution is -0.113. The number of anilines is 1. The minimum Gasteiger partial charge on any atom is -0.325 e. The number of rotatable bonds is 6. The standard InChI is InChI=1S/C20H16FNO2S/c21-17-8-5-15(6-9-17)19(23)12-25-13-20(24)22-18-10-7-14-3-1-2-4-16(14)11-18/h1-11H,12-13H2,(H,22,24). The third-order valence-corrected chi connectivity index (χ3v) is 4.60. The molecular weight excluding hydrogens is 337 g/mol. The molecule has 0 saturated heterocycles. The van der Waals surface area contributed by atoms with Gasteiger partial charge in [0.15, 0.2) is 5.78 Å². The minimum absolute atomic E-state index is 0.122. The Bertz CT molecular complexity index is 909. The van der Waals surface area contributed by atoms with Crippen molar-refractivity contribution in [2.45, 2.75) is 0 Å². The van der Waals surface area contributed by atoms with E-state index < -0.39 is 0 Å². The summed E-state index contributed by atoms with van der Waals surface area (Å²) in [6, 6.07) is 19.1. The number of nitrogens with one attached hydrogen (secondary N) is 1. The van der Waals surface area contributed by atoms with Gasteiger partial charge in [0.2, 0.25) is 5.91 Å². The van der Waals surface area contributed by atoms with E-state index in [-0.39, 0.29) is 29.0 Å².